The SMILES string of the molecule is C[C@]12CCC(=O)N1CCCC[C@@]21C=CC(=O)O1. The summed E-state index contributed by atoms with van der Waals surface area (Å²) in [5.74, 6) is -0.0717. The van der Waals surface area contributed by atoms with Crippen LogP contribution in [0.5, 0.6) is 0 Å². The normalized spacial score (nSPS) is 40.6. The van der Waals surface area contributed by atoms with Gasteiger partial charge in [0.15, 0.2) is 5.60 Å². The van der Waals surface area contributed by atoms with Crippen LogP contribution in [0.25, 0.3) is 0 Å². The van der Waals surface area contributed by atoms with Gasteiger partial charge in [0, 0.05) is 19.0 Å². The molecule has 3 aliphatic heterocycles. The number of amides is 1. The highest BCUT2D eigenvalue weighted by Crippen LogP contribution is 2.48. The molecule has 4 heteroatoms. The zero-order valence-electron chi connectivity index (χ0n) is 10.1. The van der Waals surface area contributed by atoms with Gasteiger partial charge in [0.05, 0.1) is 5.54 Å². The zero-order valence-corrected chi connectivity index (χ0v) is 10.1. The Bertz CT molecular complexity index is 417. The lowest BCUT2D eigenvalue weighted by atomic mass is 9.77. The van der Waals surface area contributed by atoms with Crippen molar-refractivity contribution < 1.29 is 14.3 Å². The van der Waals surface area contributed by atoms with E-state index in [2.05, 4.69) is 6.92 Å². The van der Waals surface area contributed by atoms with E-state index in [0.29, 0.717) is 6.42 Å². The van der Waals surface area contributed by atoms with E-state index in [-0.39, 0.29) is 17.4 Å². The van der Waals surface area contributed by atoms with Gasteiger partial charge in [0.25, 0.3) is 0 Å². The smallest absolute Gasteiger partial charge is 0.331 e. The van der Waals surface area contributed by atoms with E-state index in [1.807, 2.05) is 11.0 Å². The second-order valence-electron chi connectivity index (χ2n) is 5.42. The minimum atomic E-state index is -0.577. The molecule has 0 aromatic rings. The van der Waals surface area contributed by atoms with Crippen molar-refractivity contribution in [3.63, 3.8) is 0 Å². The first-order valence-corrected chi connectivity index (χ1v) is 6.30. The summed E-state index contributed by atoms with van der Waals surface area (Å²) in [6, 6.07) is 0. The summed E-state index contributed by atoms with van der Waals surface area (Å²) in [4.78, 5) is 25.3. The fourth-order valence-corrected chi connectivity index (χ4v) is 3.51. The van der Waals surface area contributed by atoms with E-state index in [0.717, 1.165) is 32.2 Å². The summed E-state index contributed by atoms with van der Waals surface area (Å²) in [5, 5.41) is 0. The van der Waals surface area contributed by atoms with Gasteiger partial charge >= 0.3 is 5.97 Å². The number of hydrogen-bond acceptors (Lipinski definition) is 3. The van der Waals surface area contributed by atoms with Gasteiger partial charge in [-0.25, -0.2) is 4.79 Å². The highest BCUT2D eigenvalue weighted by molar-refractivity contribution is 5.86. The molecule has 0 saturated carbocycles. The Hall–Kier alpha value is -1.32. The lowest BCUT2D eigenvalue weighted by Gasteiger charge is -2.45. The molecule has 0 aliphatic carbocycles. The van der Waals surface area contributed by atoms with Gasteiger partial charge in [-0.1, -0.05) is 0 Å². The largest absolute Gasteiger partial charge is 0.449 e. The predicted molar refractivity (Wildman–Crippen MR) is 61.2 cm³/mol. The summed E-state index contributed by atoms with van der Waals surface area (Å²) < 4.78 is 5.59. The molecule has 3 heterocycles. The maximum absolute atomic E-state index is 11.9. The maximum Gasteiger partial charge on any atom is 0.331 e. The van der Waals surface area contributed by atoms with Crippen LogP contribution in [0.3, 0.4) is 0 Å². The number of rotatable bonds is 0. The Morgan fingerprint density at radius 1 is 1.29 bits per heavy atom. The third kappa shape index (κ3) is 1.30. The van der Waals surface area contributed by atoms with Crippen LogP contribution in [0.4, 0.5) is 0 Å². The zero-order chi connectivity index (χ0) is 12.1. The first-order valence-electron chi connectivity index (χ1n) is 6.30. The number of carbonyl (C=O) groups excluding carboxylic acids is 2. The van der Waals surface area contributed by atoms with Crippen LogP contribution in [-0.4, -0.2) is 34.5 Å². The Labute approximate surface area is 101 Å². The second-order valence-corrected chi connectivity index (χ2v) is 5.42. The summed E-state index contributed by atoms with van der Waals surface area (Å²) >= 11 is 0. The Morgan fingerprint density at radius 2 is 2.12 bits per heavy atom. The van der Waals surface area contributed by atoms with Crippen LogP contribution in [0.2, 0.25) is 0 Å². The molecule has 0 unspecified atom stereocenters. The molecule has 0 aromatic carbocycles. The Morgan fingerprint density at radius 3 is 2.82 bits per heavy atom. The van der Waals surface area contributed by atoms with E-state index in [1.165, 1.54) is 6.08 Å². The molecule has 2 fully saturated rings. The van der Waals surface area contributed by atoms with E-state index in [4.69, 9.17) is 4.74 Å². The summed E-state index contributed by atoms with van der Waals surface area (Å²) in [6.45, 7) is 2.86. The highest BCUT2D eigenvalue weighted by Gasteiger charge is 2.59. The van der Waals surface area contributed by atoms with Crippen molar-refractivity contribution in [3.8, 4) is 0 Å². The number of carbonyl (C=O) groups is 2. The van der Waals surface area contributed by atoms with Gasteiger partial charge in [-0.05, 0) is 38.7 Å². The van der Waals surface area contributed by atoms with E-state index in [1.54, 1.807) is 0 Å². The van der Waals surface area contributed by atoms with E-state index < -0.39 is 5.60 Å². The lowest BCUT2D eigenvalue weighted by Crippen LogP contribution is -2.59. The molecule has 1 amide bonds. The molecule has 0 aromatic heterocycles. The molecule has 3 rings (SSSR count). The van der Waals surface area contributed by atoms with Gasteiger partial charge in [-0.3, -0.25) is 4.79 Å². The van der Waals surface area contributed by atoms with Gasteiger partial charge in [0.2, 0.25) is 5.91 Å². The van der Waals surface area contributed by atoms with E-state index >= 15 is 0 Å². The average molecular weight is 235 g/mol. The van der Waals surface area contributed by atoms with Gasteiger partial charge in [-0.15, -0.1) is 0 Å². The molecule has 4 nitrogen and oxygen atoms in total. The van der Waals surface area contributed by atoms with E-state index in [9.17, 15) is 9.59 Å². The van der Waals surface area contributed by atoms with Gasteiger partial charge in [-0.2, -0.15) is 0 Å². The summed E-state index contributed by atoms with van der Waals surface area (Å²) in [5.41, 5.74) is -0.921. The number of ether oxygens (including phenoxy) is 1. The number of esters is 1. The monoisotopic (exact) mass is 235 g/mol. The van der Waals surface area contributed by atoms with Gasteiger partial charge in [0.1, 0.15) is 0 Å². The van der Waals surface area contributed by atoms with Crippen LogP contribution in [0, 0.1) is 0 Å². The number of nitrogens with zero attached hydrogens (tertiary/aromatic N) is 1. The first kappa shape index (κ1) is 10.8. The van der Waals surface area contributed by atoms with Crippen LogP contribution < -0.4 is 0 Å². The summed E-state index contributed by atoms with van der Waals surface area (Å²) in [7, 11) is 0. The van der Waals surface area contributed by atoms with Gasteiger partial charge < -0.3 is 9.64 Å². The number of fused-ring (bicyclic) bond motifs is 2. The van der Waals surface area contributed by atoms with Crippen molar-refractivity contribution in [1.29, 1.82) is 0 Å². The molecular formula is C13H17NO3. The van der Waals surface area contributed by atoms with Crippen molar-refractivity contribution in [2.24, 2.45) is 0 Å². The van der Waals surface area contributed by atoms with Crippen molar-refractivity contribution in [2.75, 3.05) is 6.54 Å². The quantitative estimate of drug-likeness (QED) is 0.596. The third-order valence-corrected chi connectivity index (χ3v) is 4.59. The number of hydrogen-bond donors (Lipinski definition) is 0. The fourth-order valence-electron chi connectivity index (χ4n) is 3.51. The fraction of sp³-hybridized carbons (Fsp3) is 0.692. The molecule has 1 spiro atoms. The Balaban J connectivity index is 2.05. The molecule has 92 valence electrons. The lowest BCUT2D eigenvalue weighted by molar-refractivity contribution is -0.160. The minimum Gasteiger partial charge on any atom is -0.449 e. The van der Waals surface area contributed by atoms with Crippen LogP contribution in [0.1, 0.15) is 39.0 Å². The minimum absolute atomic E-state index is 0.199. The maximum atomic E-state index is 11.9. The van der Waals surface area contributed by atoms with Crippen LogP contribution in [-0.2, 0) is 14.3 Å². The third-order valence-electron chi connectivity index (χ3n) is 4.59. The van der Waals surface area contributed by atoms with Crippen molar-refractivity contribution in [3.05, 3.63) is 12.2 Å². The molecular weight excluding hydrogens is 218 g/mol. The van der Waals surface area contributed by atoms with Crippen molar-refractivity contribution in [2.45, 2.75) is 50.2 Å². The topological polar surface area (TPSA) is 46.6 Å². The first-order chi connectivity index (χ1) is 8.07. The molecule has 2 saturated heterocycles. The predicted octanol–water partition coefficient (Wildman–Crippen LogP) is 1.40. The Kier molecular flexibility index (Phi) is 2.12. The molecule has 2 atom stereocenters. The molecule has 0 N–H and O–H groups in total. The standard InChI is InChI=1S/C13H17NO3/c1-12-7-4-10(15)14(12)9-3-2-6-13(12)8-5-11(16)17-13/h5,8H,2-4,6-7,9H2,1H3/t12-,13-/m1/s1. The highest BCUT2D eigenvalue weighted by atomic mass is 16.6. The molecule has 0 radical (unpaired) electrons. The van der Waals surface area contributed by atoms with Crippen molar-refractivity contribution >= 4 is 11.9 Å². The van der Waals surface area contributed by atoms with Crippen LogP contribution in [0.15, 0.2) is 12.2 Å². The average Bonchev–Trinajstić information content (AvgIpc) is 2.76. The van der Waals surface area contributed by atoms with Crippen LogP contribution >= 0.6 is 0 Å². The second kappa shape index (κ2) is 3.34. The molecule has 3 aliphatic rings. The molecule has 17 heavy (non-hydrogen) atoms. The van der Waals surface area contributed by atoms with Crippen molar-refractivity contribution in [1.82, 2.24) is 4.90 Å². The summed E-state index contributed by atoms with van der Waals surface area (Å²) in [6.07, 6.45) is 7.57. The molecule has 0 bridgehead atoms.